The molecule has 18 heavy (non-hydrogen) atoms. The monoisotopic (exact) mass is 268 g/mol. The van der Waals surface area contributed by atoms with Crippen LogP contribution in [0, 0.1) is 12.8 Å². The zero-order valence-corrected chi connectivity index (χ0v) is 11.9. The average Bonchev–Trinajstić information content (AvgIpc) is 3.11. The molecule has 0 heterocycles. The minimum Gasteiger partial charge on any atom is -0.195 e. The van der Waals surface area contributed by atoms with Crippen molar-refractivity contribution in [2.75, 3.05) is 14.1 Å². The largest absolute Gasteiger partial charge is 0.279 e. The highest BCUT2D eigenvalue weighted by atomic mass is 32.2. The highest BCUT2D eigenvalue weighted by molar-refractivity contribution is 7.87. The van der Waals surface area contributed by atoms with Gasteiger partial charge in [0.15, 0.2) is 0 Å². The number of benzene rings is 1. The number of hydrogen-bond donors (Lipinski definition) is 1. The molecule has 1 fully saturated rings. The van der Waals surface area contributed by atoms with Crippen LogP contribution in [-0.4, -0.2) is 26.8 Å². The van der Waals surface area contributed by atoms with E-state index in [1.54, 1.807) is 14.1 Å². The van der Waals surface area contributed by atoms with E-state index in [-0.39, 0.29) is 6.04 Å². The molecule has 0 spiro atoms. The number of aryl methyl sites for hydroxylation is 1. The van der Waals surface area contributed by atoms with Crippen LogP contribution in [0.3, 0.4) is 0 Å². The Bertz CT molecular complexity index is 504. The van der Waals surface area contributed by atoms with Crippen molar-refractivity contribution in [2.24, 2.45) is 5.92 Å². The van der Waals surface area contributed by atoms with E-state index in [0.717, 1.165) is 18.4 Å². The Morgan fingerprint density at radius 1 is 1.22 bits per heavy atom. The van der Waals surface area contributed by atoms with Crippen molar-refractivity contribution in [3.8, 4) is 0 Å². The second kappa shape index (κ2) is 4.99. The third-order valence-corrected chi connectivity index (χ3v) is 4.80. The normalized spacial score (nSPS) is 18.0. The van der Waals surface area contributed by atoms with Crippen molar-refractivity contribution in [1.82, 2.24) is 9.03 Å². The molecule has 1 aromatic rings. The lowest BCUT2D eigenvalue weighted by Gasteiger charge is -2.21. The molecule has 1 N–H and O–H groups in total. The number of nitrogens with one attached hydrogen (secondary N) is 1. The number of rotatable bonds is 5. The van der Waals surface area contributed by atoms with Gasteiger partial charge in [-0.25, -0.2) is 0 Å². The quantitative estimate of drug-likeness (QED) is 0.886. The van der Waals surface area contributed by atoms with E-state index >= 15 is 0 Å². The van der Waals surface area contributed by atoms with Gasteiger partial charge < -0.3 is 0 Å². The van der Waals surface area contributed by atoms with Crippen LogP contribution >= 0.6 is 0 Å². The maximum atomic E-state index is 11.9. The molecule has 1 aliphatic rings. The Morgan fingerprint density at radius 2 is 1.78 bits per heavy atom. The number of nitrogens with zero attached hydrogens (tertiary/aromatic N) is 1. The molecular weight excluding hydrogens is 248 g/mol. The maximum Gasteiger partial charge on any atom is 0.279 e. The second-order valence-corrected chi connectivity index (χ2v) is 7.05. The van der Waals surface area contributed by atoms with Crippen LogP contribution in [0.1, 0.15) is 30.0 Å². The van der Waals surface area contributed by atoms with Crippen LogP contribution in [0.25, 0.3) is 0 Å². The van der Waals surface area contributed by atoms with Gasteiger partial charge in [0.05, 0.1) is 6.04 Å². The standard InChI is InChI=1S/C13H20N2O2S/c1-10-4-6-11(7-5-10)13(12-8-9-12)14-18(16,17)15(2)3/h4-7,12-14H,8-9H2,1-3H3. The van der Waals surface area contributed by atoms with Gasteiger partial charge in [-0.3, -0.25) is 0 Å². The summed E-state index contributed by atoms with van der Waals surface area (Å²) < 4.78 is 27.9. The molecule has 0 bridgehead atoms. The molecule has 4 nitrogen and oxygen atoms in total. The fourth-order valence-corrected chi connectivity index (χ4v) is 2.77. The summed E-state index contributed by atoms with van der Waals surface area (Å²) >= 11 is 0. The molecular formula is C13H20N2O2S. The first-order valence-electron chi connectivity index (χ1n) is 6.16. The van der Waals surface area contributed by atoms with E-state index in [9.17, 15) is 8.42 Å². The van der Waals surface area contributed by atoms with Crippen molar-refractivity contribution in [3.05, 3.63) is 35.4 Å². The van der Waals surface area contributed by atoms with Crippen molar-refractivity contribution >= 4 is 10.2 Å². The predicted molar refractivity (Wildman–Crippen MR) is 72.4 cm³/mol. The van der Waals surface area contributed by atoms with E-state index in [4.69, 9.17) is 0 Å². The highest BCUT2D eigenvalue weighted by Crippen LogP contribution is 2.41. The third-order valence-electron chi connectivity index (χ3n) is 3.29. The maximum absolute atomic E-state index is 11.9. The summed E-state index contributed by atoms with van der Waals surface area (Å²) in [5.41, 5.74) is 2.23. The van der Waals surface area contributed by atoms with Crippen LogP contribution in [0.15, 0.2) is 24.3 Å². The van der Waals surface area contributed by atoms with E-state index in [0.29, 0.717) is 5.92 Å². The lowest BCUT2D eigenvalue weighted by atomic mass is 10.0. The average molecular weight is 268 g/mol. The summed E-state index contributed by atoms with van der Waals surface area (Å²) in [5, 5.41) is 0. The van der Waals surface area contributed by atoms with Gasteiger partial charge in [-0.15, -0.1) is 0 Å². The summed E-state index contributed by atoms with van der Waals surface area (Å²) in [4.78, 5) is 0. The van der Waals surface area contributed by atoms with E-state index in [1.807, 2.05) is 31.2 Å². The minimum absolute atomic E-state index is 0.0991. The van der Waals surface area contributed by atoms with Crippen LogP contribution in [0.5, 0.6) is 0 Å². The Balaban J connectivity index is 2.22. The Hall–Kier alpha value is -0.910. The summed E-state index contributed by atoms with van der Waals surface area (Å²) in [6, 6.07) is 7.97. The Morgan fingerprint density at radius 3 is 2.22 bits per heavy atom. The molecule has 2 rings (SSSR count). The molecule has 100 valence electrons. The van der Waals surface area contributed by atoms with Gasteiger partial charge in [-0.05, 0) is 31.2 Å². The van der Waals surface area contributed by atoms with Gasteiger partial charge >= 0.3 is 0 Å². The summed E-state index contributed by atoms with van der Waals surface area (Å²) in [5.74, 6) is 0.433. The zero-order chi connectivity index (χ0) is 13.3. The van der Waals surface area contributed by atoms with E-state index in [1.165, 1.54) is 9.87 Å². The summed E-state index contributed by atoms with van der Waals surface area (Å²) in [6.45, 7) is 2.03. The molecule has 0 radical (unpaired) electrons. The summed E-state index contributed by atoms with van der Waals surface area (Å²) in [6.07, 6.45) is 2.18. The van der Waals surface area contributed by atoms with Crippen LogP contribution < -0.4 is 4.72 Å². The molecule has 0 saturated heterocycles. The smallest absolute Gasteiger partial charge is 0.195 e. The fraction of sp³-hybridized carbons (Fsp3) is 0.538. The fourth-order valence-electron chi connectivity index (χ4n) is 1.91. The zero-order valence-electron chi connectivity index (χ0n) is 11.1. The van der Waals surface area contributed by atoms with Crippen molar-refractivity contribution in [2.45, 2.75) is 25.8 Å². The molecule has 0 aliphatic heterocycles. The number of hydrogen-bond acceptors (Lipinski definition) is 2. The van der Waals surface area contributed by atoms with Crippen molar-refractivity contribution in [3.63, 3.8) is 0 Å². The predicted octanol–water partition coefficient (Wildman–Crippen LogP) is 1.84. The van der Waals surface area contributed by atoms with Gasteiger partial charge in [0.2, 0.25) is 0 Å². The SMILES string of the molecule is Cc1ccc(C(NS(=O)(=O)N(C)C)C2CC2)cc1. The van der Waals surface area contributed by atoms with Crippen LogP contribution in [-0.2, 0) is 10.2 Å². The first kappa shape index (κ1) is 13.5. The molecule has 0 amide bonds. The third kappa shape index (κ3) is 3.10. The van der Waals surface area contributed by atoms with Crippen molar-refractivity contribution < 1.29 is 8.42 Å². The summed E-state index contributed by atoms with van der Waals surface area (Å²) in [7, 11) is -0.291. The Labute approximate surface area is 109 Å². The van der Waals surface area contributed by atoms with Gasteiger partial charge in [0.25, 0.3) is 10.2 Å². The van der Waals surface area contributed by atoms with Gasteiger partial charge in [0, 0.05) is 14.1 Å². The van der Waals surface area contributed by atoms with E-state index < -0.39 is 10.2 Å². The first-order chi connectivity index (χ1) is 8.40. The molecule has 0 aromatic heterocycles. The molecule has 1 aromatic carbocycles. The van der Waals surface area contributed by atoms with Crippen LogP contribution in [0.4, 0.5) is 0 Å². The Kier molecular flexibility index (Phi) is 3.75. The van der Waals surface area contributed by atoms with Crippen LogP contribution in [0.2, 0.25) is 0 Å². The lowest BCUT2D eigenvalue weighted by molar-refractivity contribution is 0.474. The van der Waals surface area contributed by atoms with E-state index in [2.05, 4.69) is 4.72 Å². The topological polar surface area (TPSA) is 49.4 Å². The highest BCUT2D eigenvalue weighted by Gasteiger charge is 2.35. The van der Waals surface area contributed by atoms with Gasteiger partial charge in [-0.2, -0.15) is 17.4 Å². The molecule has 1 unspecified atom stereocenters. The lowest BCUT2D eigenvalue weighted by Crippen LogP contribution is -2.38. The van der Waals surface area contributed by atoms with Crippen molar-refractivity contribution in [1.29, 1.82) is 0 Å². The van der Waals surface area contributed by atoms with Gasteiger partial charge in [0.1, 0.15) is 0 Å². The molecule has 5 heteroatoms. The first-order valence-corrected chi connectivity index (χ1v) is 7.60. The van der Waals surface area contributed by atoms with Gasteiger partial charge in [-0.1, -0.05) is 29.8 Å². The minimum atomic E-state index is -3.38. The molecule has 1 aliphatic carbocycles. The molecule has 1 saturated carbocycles. The second-order valence-electron chi connectivity index (χ2n) is 5.13. The molecule has 1 atom stereocenters.